The molecule has 6 heteroatoms. The van der Waals surface area contributed by atoms with E-state index < -0.39 is 0 Å². The van der Waals surface area contributed by atoms with Crippen LogP contribution in [0, 0.1) is 13.8 Å². The smallest absolute Gasteiger partial charge is 0.237 e. The van der Waals surface area contributed by atoms with E-state index in [1.807, 2.05) is 27.0 Å². The van der Waals surface area contributed by atoms with Gasteiger partial charge in [-0.25, -0.2) is 4.98 Å². The van der Waals surface area contributed by atoms with Crippen LogP contribution in [0.2, 0.25) is 0 Å². The molecule has 6 nitrogen and oxygen atoms in total. The third-order valence-electron chi connectivity index (χ3n) is 5.29. The first-order chi connectivity index (χ1) is 11.5. The van der Waals surface area contributed by atoms with E-state index in [2.05, 4.69) is 25.1 Å². The number of amides is 1. The molecule has 1 atom stereocenters. The quantitative estimate of drug-likeness (QED) is 0.909. The Bertz CT molecular complexity index is 577. The summed E-state index contributed by atoms with van der Waals surface area (Å²) < 4.78 is 0. The van der Waals surface area contributed by atoms with Crippen LogP contribution in [0.4, 0.5) is 5.82 Å². The van der Waals surface area contributed by atoms with Crippen LogP contribution in [-0.2, 0) is 4.79 Å². The fourth-order valence-corrected chi connectivity index (χ4v) is 3.70. The first-order valence-corrected chi connectivity index (χ1v) is 9.14. The van der Waals surface area contributed by atoms with Crippen LogP contribution in [-0.4, -0.2) is 59.0 Å². The second-order valence-corrected chi connectivity index (χ2v) is 7.11. The van der Waals surface area contributed by atoms with Gasteiger partial charge in [-0.05, 0) is 33.6 Å². The number of nitrogens with one attached hydrogen (secondary N) is 1. The molecule has 0 aromatic carbocycles. The van der Waals surface area contributed by atoms with Gasteiger partial charge >= 0.3 is 0 Å². The van der Waals surface area contributed by atoms with Gasteiger partial charge in [-0.15, -0.1) is 0 Å². The Labute approximate surface area is 144 Å². The number of rotatable bonds is 4. The SMILES string of the molecule is Cc1cnc(C)c(N2CCN(C(C)C(=O)NC3CCCC3)CC2)n1. The van der Waals surface area contributed by atoms with E-state index in [-0.39, 0.29) is 11.9 Å². The lowest BCUT2D eigenvalue weighted by atomic mass is 10.2. The molecule has 0 bridgehead atoms. The number of aryl methyl sites for hydroxylation is 2. The second kappa shape index (κ2) is 7.47. The summed E-state index contributed by atoms with van der Waals surface area (Å²) >= 11 is 0. The molecule has 1 saturated carbocycles. The molecule has 132 valence electrons. The van der Waals surface area contributed by atoms with Crippen molar-refractivity contribution in [1.82, 2.24) is 20.2 Å². The monoisotopic (exact) mass is 331 g/mol. The highest BCUT2D eigenvalue weighted by atomic mass is 16.2. The molecule has 2 aliphatic rings. The predicted molar refractivity (Wildman–Crippen MR) is 95.2 cm³/mol. The fourth-order valence-electron chi connectivity index (χ4n) is 3.70. The van der Waals surface area contributed by atoms with Crippen LogP contribution < -0.4 is 10.2 Å². The molecule has 1 amide bonds. The number of anilines is 1. The molecule has 1 saturated heterocycles. The van der Waals surface area contributed by atoms with Crippen LogP contribution >= 0.6 is 0 Å². The summed E-state index contributed by atoms with van der Waals surface area (Å²) in [6.45, 7) is 9.55. The zero-order valence-electron chi connectivity index (χ0n) is 15.1. The molecule has 0 radical (unpaired) electrons. The Balaban J connectivity index is 1.54. The molecule has 3 rings (SSSR count). The van der Waals surface area contributed by atoms with Gasteiger partial charge in [-0.3, -0.25) is 14.7 Å². The van der Waals surface area contributed by atoms with Crippen LogP contribution in [0.5, 0.6) is 0 Å². The minimum atomic E-state index is -0.0579. The van der Waals surface area contributed by atoms with Crippen molar-refractivity contribution >= 4 is 11.7 Å². The number of piperazine rings is 1. The largest absolute Gasteiger partial charge is 0.353 e. The van der Waals surface area contributed by atoms with E-state index in [0.29, 0.717) is 6.04 Å². The standard InChI is InChI=1S/C18H29N5O/c1-13-12-19-14(2)17(20-13)23-10-8-22(9-11-23)15(3)18(24)21-16-6-4-5-7-16/h12,15-16H,4-11H2,1-3H3,(H,21,24). The average molecular weight is 331 g/mol. The van der Waals surface area contributed by atoms with Gasteiger partial charge in [0.25, 0.3) is 0 Å². The molecule has 0 spiro atoms. The van der Waals surface area contributed by atoms with Gasteiger partial charge in [0.2, 0.25) is 5.91 Å². The van der Waals surface area contributed by atoms with Crippen LogP contribution in [0.1, 0.15) is 44.0 Å². The maximum absolute atomic E-state index is 12.5. The van der Waals surface area contributed by atoms with Crippen molar-refractivity contribution < 1.29 is 4.79 Å². The molecule has 1 unspecified atom stereocenters. The van der Waals surface area contributed by atoms with E-state index in [9.17, 15) is 4.79 Å². The second-order valence-electron chi connectivity index (χ2n) is 7.11. The van der Waals surface area contributed by atoms with Crippen molar-refractivity contribution in [2.75, 3.05) is 31.1 Å². The summed E-state index contributed by atoms with van der Waals surface area (Å²) in [6, 6.07) is 0.337. The molecule has 1 aromatic heterocycles. The summed E-state index contributed by atoms with van der Waals surface area (Å²) in [5.41, 5.74) is 1.92. The van der Waals surface area contributed by atoms with E-state index >= 15 is 0 Å². The molecular weight excluding hydrogens is 302 g/mol. The van der Waals surface area contributed by atoms with Crippen molar-refractivity contribution in [3.63, 3.8) is 0 Å². The van der Waals surface area contributed by atoms with Gasteiger partial charge in [-0.1, -0.05) is 12.8 Å². The Morgan fingerprint density at radius 1 is 1.21 bits per heavy atom. The van der Waals surface area contributed by atoms with Crippen molar-refractivity contribution in [3.8, 4) is 0 Å². The molecule has 24 heavy (non-hydrogen) atoms. The van der Waals surface area contributed by atoms with Crippen molar-refractivity contribution in [2.45, 2.75) is 58.5 Å². The van der Waals surface area contributed by atoms with E-state index in [1.54, 1.807) is 0 Å². The number of hydrogen-bond donors (Lipinski definition) is 1. The third kappa shape index (κ3) is 3.86. The van der Waals surface area contributed by atoms with Crippen molar-refractivity contribution in [2.24, 2.45) is 0 Å². The lowest BCUT2D eigenvalue weighted by Crippen LogP contribution is -2.55. The van der Waals surface area contributed by atoms with Gasteiger partial charge in [0.05, 0.1) is 17.4 Å². The van der Waals surface area contributed by atoms with E-state index in [0.717, 1.165) is 56.2 Å². The maximum Gasteiger partial charge on any atom is 0.237 e. The number of carbonyl (C=O) groups is 1. The van der Waals surface area contributed by atoms with E-state index in [1.165, 1.54) is 12.8 Å². The lowest BCUT2D eigenvalue weighted by Gasteiger charge is -2.38. The molecular formula is C18H29N5O. The van der Waals surface area contributed by atoms with Crippen LogP contribution in [0.3, 0.4) is 0 Å². The number of aromatic nitrogens is 2. The summed E-state index contributed by atoms with van der Waals surface area (Å²) in [7, 11) is 0. The summed E-state index contributed by atoms with van der Waals surface area (Å²) in [4.78, 5) is 26.1. The zero-order chi connectivity index (χ0) is 17.1. The first kappa shape index (κ1) is 17.1. The molecule has 2 fully saturated rings. The number of carbonyl (C=O) groups excluding carboxylic acids is 1. The molecule has 1 aliphatic heterocycles. The Hall–Kier alpha value is -1.69. The summed E-state index contributed by atoms with van der Waals surface area (Å²) in [5, 5.41) is 3.22. The van der Waals surface area contributed by atoms with Crippen molar-refractivity contribution in [1.29, 1.82) is 0 Å². The third-order valence-corrected chi connectivity index (χ3v) is 5.29. The number of nitrogens with zero attached hydrogens (tertiary/aromatic N) is 4. The lowest BCUT2D eigenvalue weighted by molar-refractivity contribution is -0.126. The topological polar surface area (TPSA) is 61.4 Å². The molecule has 1 aliphatic carbocycles. The van der Waals surface area contributed by atoms with Crippen LogP contribution in [0.25, 0.3) is 0 Å². The molecule has 1 N–H and O–H groups in total. The highest BCUT2D eigenvalue weighted by molar-refractivity contribution is 5.81. The van der Waals surface area contributed by atoms with Gasteiger partial charge < -0.3 is 10.2 Å². The highest BCUT2D eigenvalue weighted by Crippen LogP contribution is 2.20. The molecule has 2 heterocycles. The summed E-state index contributed by atoms with van der Waals surface area (Å²) in [5.74, 6) is 1.17. The Kier molecular flexibility index (Phi) is 5.33. The maximum atomic E-state index is 12.5. The average Bonchev–Trinajstić information content (AvgIpc) is 3.09. The van der Waals surface area contributed by atoms with Gasteiger partial charge in [0.15, 0.2) is 0 Å². The summed E-state index contributed by atoms with van der Waals surface area (Å²) in [6.07, 6.45) is 6.57. The van der Waals surface area contributed by atoms with Gasteiger partial charge in [-0.2, -0.15) is 0 Å². The van der Waals surface area contributed by atoms with Gasteiger partial charge in [0.1, 0.15) is 5.82 Å². The first-order valence-electron chi connectivity index (χ1n) is 9.14. The highest BCUT2D eigenvalue weighted by Gasteiger charge is 2.28. The fraction of sp³-hybridized carbons (Fsp3) is 0.722. The zero-order valence-corrected chi connectivity index (χ0v) is 15.1. The normalized spacial score (nSPS) is 21.0. The Morgan fingerprint density at radius 3 is 2.54 bits per heavy atom. The van der Waals surface area contributed by atoms with Gasteiger partial charge in [0, 0.05) is 38.4 Å². The van der Waals surface area contributed by atoms with Crippen molar-refractivity contribution in [3.05, 3.63) is 17.6 Å². The minimum Gasteiger partial charge on any atom is -0.353 e. The predicted octanol–water partition coefficient (Wildman–Crippen LogP) is 1.66. The number of hydrogen-bond acceptors (Lipinski definition) is 5. The van der Waals surface area contributed by atoms with Crippen LogP contribution in [0.15, 0.2) is 6.20 Å². The Morgan fingerprint density at radius 2 is 1.88 bits per heavy atom. The molecule has 1 aromatic rings. The van der Waals surface area contributed by atoms with E-state index in [4.69, 9.17) is 0 Å². The minimum absolute atomic E-state index is 0.0579.